The molecular formula is C16H14Cl2N4OS2. The molecule has 5 nitrogen and oxygen atoms in total. The summed E-state index contributed by atoms with van der Waals surface area (Å²) in [6, 6.07) is 7.17. The van der Waals surface area contributed by atoms with Gasteiger partial charge in [0, 0.05) is 22.9 Å². The van der Waals surface area contributed by atoms with Gasteiger partial charge >= 0.3 is 0 Å². The van der Waals surface area contributed by atoms with Crippen LogP contribution in [0.15, 0.2) is 34.8 Å². The second-order valence-electron chi connectivity index (χ2n) is 5.25. The molecule has 1 N–H and O–H groups in total. The van der Waals surface area contributed by atoms with E-state index < -0.39 is 0 Å². The fraction of sp³-hybridized carbons (Fsp3) is 0.188. The van der Waals surface area contributed by atoms with Gasteiger partial charge in [0.05, 0.1) is 21.5 Å². The van der Waals surface area contributed by atoms with Crippen LogP contribution in [-0.2, 0) is 11.8 Å². The predicted octanol–water partition coefficient (Wildman–Crippen LogP) is 4.89. The van der Waals surface area contributed by atoms with Crippen LogP contribution in [0, 0.1) is 6.92 Å². The number of thiophene rings is 1. The number of amides is 1. The van der Waals surface area contributed by atoms with E-state index in [-0.39, 0.29) is 11.7 Å². The van der Waals surface area contributed by atoms with Gasteiger partial charge in [0.25, 0.3) is 0 Å². The number of benzene rings is 1. The summed E-state index contributed by atoms with van der Waals surface area (Å²) in [7, 11) is 1.89. The largest absolute Gasteiger partial charge is 0.324 e. The molecule has 0 radical (unpaired) electrons. The highest BCUT2D eigenvalue weighted by Gasteiger charge is 2.14. The van der Waals surface area contributed by atoms with E-state index in [9.17, 15) is 4.79 Å². The van der Waals surface area contributed by atoms with Crippen molar-refractivity contribution in [2.75, 3.05) is 11.1 Å². The molecule has 0 atom stereocenters. The minimum atomic E-state index is -0.190. The van der Waals surface area contributed by atoms with Crippen LogP contribution < -0.4 is 5.32 Å². The van der Waals surface area contributed by atoms with Crippen LogP contribution in [0.4, 0.5) is 5.69 Å². The number of hydrogen-bond donors (Lipinski definition) is 1. The molecule has 0 fully saturated rings. The maximum atomic E-state index is 12.2. The van der Waals surface area contributed by atoms with Crippen molar-refractivity contribution in [2.24, 2.45) is 7.05 Å². The minimum Gasteiger partial charge on any atom is -0.324 e. The molecule has 0 aliphatic heterocycles. The lowest BCUT2D eigenvalue weighted by molar-refractivity contribution is -0.113. The first kappa shape index (κ1) is 18.3. The van der Waals surface area contributed by atoms with Gasteiger partial charge in [-0.05, 0) is 25.1 Å². The summed E-state index contributed by atoms with van der Waals surface area (Å²) >= 11 is 15.0. The first-order valence-corrected chi connectivity index (χ1v) is 9.89. The van der Waals surface area contributed by atoms with Crippen LogP contribution in [0.3, 0.4) is 0 Å². The molecule has 2 heterocycles. The molecule has 0 saturated heterocycles. The smallest absolute Gasteiger partial charge is 0.234 e. The molecule has 2 aromatic heterocycles. The number of carbonyl (C=O) groups is 1. The van der Waals surface area contributed by atoms with Crippen molar-refractivity contribution in [2.45, 2.75) is 12.1 Å². The molecule has 3 rings (SSSR count). The number of halogens is 2. The minimum absolute atomic E-state index is 0.190. The van der Waals surface area contributed by atoms with Gasteiger partial charge in [-0.2, -0.15) is 0 Å². The van der Waals surface area contributed by atoms with E-state index in [0.717, 1.165) is 11.4 Å². The molecule has 25 heavy (non-hydrogen) atoms. The molecule has 0 aliphatic carbocycles. The van der Waals surface area contributed by atoms with Gasteiger partial charge in [0.15, 0.2) is 11.0 Å². The average Bonchev–Trinajstić information content (AvgIpc) is 3.16. The van der Waals surface area contributed by atoms with Crippen molar-refractivity contribution < 1.29 is 4.79 Å². The van der Waals surface area contributed by atoms with Gasteiger partial charge in [0.1, 0.15) is 0 Å². The zero-order valence-corrected chi connectivity index (χ0v) is 16.6. The molecule has 0 saturated carbocycles. The van der Waals surface area contributed by atoms with Crippen LogP contribution in [0.25, 0.3) is 11.4 Å². The molecular weight excluding hydrogens is 399 g/mol. The molecule has 0 aliphatic rings. The summed E-state index contributed by atoms with van der Waals surface area (Å²) < 4.78 is 1.88. The summed E-state index contributed by atoms with van der Waals surface area (Å²) in [5.41, 5.74) is 1.52. The van der Waals surface area contributed by atoms with Crippen molar-refractivity contribution in [3.05, 3.63) is 44.6 Å². The van der Waals surface area contributed by atoms with Crippen molar-refractivity contribution in [3.8, 4) is 11.4 Å². The second-order valence-corrected chi connectivity index (χ2v) is 8.09. The van der Waals surface area contributed by atoms with Gasteiger partial charge in [-0.3, -0.25) is 4.79 Å². The lowest BCUT2D eigenvalue weighted by Crippen LogP contribution is -2.14. The number of thioether (sulfide) groups is 1. The molecule has 0 unspecified atom stereocenters. The van der Waals surface area contributed by atoms with Gasteiger partial charge < -0.3 is 9.88 Å². The molecule has 0 bridgehead atoms. The third kappa shape index (κ3) is 4.17. The molecule has 130 valence electrons. The maximum absolute atomic E-state index is 12.2. The highest BCUT2D eigenvalue weighted by molar-refractivity contribution is 7.99. The van der Waals surface area contributed by atoms with Gasteiger partial charge in [-0.15, -0.1) is 21.5 Å². The van der Waals surface area contributed by atoms with Crippen molar-refractivity contribution in [3.63, 3.8) is 0 Å². The van der Waals surface area contributed by atoms with Crippen molar-refractivity contribution in [1.29, 1.82) is 0 Å². The number of hydrogen-bond acceptors (Lipinski definition) is 5. The Hall–Kier alpha value is -1.54. The second kappa shape index (κ2) is 7.78. The van der Waals surface area contributed by atoms with Crippen LogP contribution in [0.5, 0.6) is 0 Å². The highest BCUT2D eigenvalue weighted by atomic mass is 35.5. The zero-order valence-electron chi connectivity index (χ0n) is 13.4. The van der Waals surface area contributed by atoms with E-state index in [4.69, 9.17) is 23.2 Å². The van der Waals surface area contributed by atoms with E-state index >= 15 is 0 Å². The number of rotatable bonds is 5. The topological polar surface area (TPSA) is 59.8 Å². The van der Waals surface area contributed by atoms with Crippen LogP contribution >= 0.6 is 46.3 Å². The van der Waals surface area contributed by atoms with E-state index in [2.05, 4.69) is 21.6 Å². The summed E-state index contributed by atoms with van der Waals surface area (Å²) in [5.74, 6) is 0.785. The third-order valence-electron chi connectivity index (χ3n) is 3.38. The number of nitrogens with one attached hydrogen (secondary N) is 1. The summed E-state index contributed by atoms with van der Waals surface area (Å²) in [4.78, 5) is 13.4. The van der Waals surface area contributed by atoms with Crippen molar-refractivity contribution >= 4 is 57.9 Å². The monoisotopic (exact) mass is 412 g/mol. The molecule has 0 spiro atoms. The van der Waals surface area contributed by atoms with Crippen LogP contribution in [0.1, 0.15) is 4.88 Å². The first-order valence-electron chi connectivity index (χ1n) is 7.27. The van der Waals surface area contributed by atoms with E-state index in [1.807, 2.05) is 23.9 Å². The Morgan fingerprint density at radius 1 is 1.36 bits per heavy atom. The Balaban J connectivity index is 1.65. The molecule has 1 amide bonds. The number of carbonyl (C=O) groups excluding carboxylic acids is 1. The Morgan fingerprint density at radius 3 is 2.88 bits per heavy atom. The van der Waals surface area contributed by atoms with Crippen LogP contribution in [-0.4, -0.2) is 26.4 Å². The number of aryl methyl sites for hydroxylation is 1. The Morgan fingerprint density at radius 2 is 2.16 bits per heavy atom. The fourth-order valence-corrected chi connectivity index (χ4v) is 3.91. The number of aromatic nitrogens is 3. The highest BCUT2D eigenvalue weighted by Crippen LogP contribution is 2.30. The SMILES string of the molecule is Cc1cc(-c2nnc(SCC(=O)Nc3cccc(Cl)c3Cl)n2C)cs1. The third-order valence-corrected chi connectivity index (χ3v) is 6.08. The summed E-state index contributed by atoms with van der Waals surface area (Å²) in [5, 5.41) is 14.6. The maximum Gasteiger partial charge on any atom is 0.234 e. The molecule has 3 aromatic rings. The first-order chi connectivity index (χ1) is 12.0. The Bertz CT molecular complexity index is 923. The number of anilines is 1. The number of nitrogens with zero attached hydrogens (tertiary/aromatic N) is 3. The lowest BCUT2D eigenvalue weighted by atomic mass is 10.3. The average molecular weight is 413 g/mol. The van der Waals surface area contributed by atoms with E-state index in [1.165, 1.54) is 16.6 Å². The van der Waals surface area contributed by atoms with E-state index in [0.29, 0.717) is 20.9 Å². The predicted molar refractivity (Wildman–Crippen MR) is 105 cm³/mol. The Labute approximate surface area is 163 Å². The standard InChI is InChI=1S/C16H14Cl2N4OS2/c1-9-6-10(7-24-9)15-20-21-16(22(15)2)25-8-13(23)19-12-5-3-4-11(17)14(12)18/h3-7H,8H2,1-2H3,(H,19,23). The molecule has 1 aromatic carbocycles. The van der Waals surface area contributed by atoms with Gasteiger partial charge in [-0.1, -0.05) is 41.0 Å². The zero-order chi connectivity index (χ0) is 18.0. The van der Waals surface area contributed by atoms with Crippen molar-refractivity contribution in [1.82, 2.24) is 14.8 Å². The van der Waals surface area contributed by atoms with Gasteiger partial charge in [-0.25, -0.2) is 0 Å². The van der Waals surface area contributed by atoms with Crippen LogP contribution in [0.2, 0.25) is 10.0 Å². The van der Waals surface area contributed by atoms with Gasteiger partial charge in [0.2, 0.25) is 5.91 Å². The van der Waals surface area contributed by atoms with E-state index in [1.54, 1.807) is 29.5 Å². The fourth-order valence-electron chi connectivity index (χ4n) is 2.17. The summed E-state index contributed by atoms with van der Waals surface area (Å²) in [6.45, 7) is 2.05. The lowest BCUT2D eigenvalue weighted by Gasteiger charge is -2.08. The summed E-state index contributed by atoms with van der Waals surface area (Å²) in [6.07, 6.45) is 0. The molecule has 9 heteroatoms. The normalized spacial score (nSPS) is 10.9. The Kier molecular flexibility index (Phi) is 5.68. The quantitative estimate of drug-likeness (QED) is 0.605.